The maximum atomic E-state index is 12.9. The number of anilines is 1. The molecule has 1 saturated heterocycles. The zero-order valence-electron chi connectivity index (χ0n) is 16.1. The number of pyridine rings is 1. The molecule has 0 aliphatic carbocycles. The zero-order valence-corrected chi connectivity index (χ0v) is 16.9. The van der Waals surface area contributed by atoms with E-state index in [1.54, 1.807) is 4.90 Å². The lowest BCUT2D eigenvalue weighted by atomic mass is 10.1. The van der Waals surface area contributed by atoms with Crippen molar-refractivity contribution in [2.24, 2.45) is 5.92 Å². The normalized spacial score (nSPS) is 15.4. The van der Waals surface area contributed by atoms with Gasteiger partial charge in [-0.05, 0) is 25.0 Å². The second kappa shape index (κ2) is 8.06. The molecule has 3 rings (SSSR count). The Labute approximate surface area is 166 Å². The predicted octanol–water partition coefficient (Wildman–Crippen LogP) is 4.03. The van der Waals surface area contributed by atoms with Crippen molar-refractivity contribution in [3.8, 4) is 0 Å². The van der Waals surface area contributed by atoms with Gasteiger partial charge in [-0.3, -0.25) is 4.79 Å². The molecule has 5 nitrogen and oxygen atoms in total. The van der Waals surface area contributed by atoms with E-state index in [1.165, 1.54) is 17.4 Å². The molecule has 3 heterocycles. The fourth-order valence-electron chi connectivity index (χ4n) is 3.11. The van der Waals surface area contributed by atoms with E-state index in [0.29, 0.717) is 42.8 Å². The SMILES string of the molecule is Cc1nc(CC(C)C)sc1C(=O)N1CCN(c2ccc(C(F)(F)F)cn2)CC1. The molecule has 28 heavy (non-hydrogen) atoms. The lowest BCUT2D eigenvalue weighted by molar-refractivity contribution is -0.137. The zero-order chi connectivity index (χ0) is 20.5. The van der Waals surface area contributed by atoms with Crippen LogP contribution in [0.3, 0.4) is 0 Å². The van der Waals surface area contributed by atoms with Crippen molar-refractivity contribution in [1.29, 1.82) is 0 Å². The van der Waals surface area contributed by atoms with E-state index in [0.717, 1.165) is 29.4 Å². The molecule has 0 radical (unpaired) electrons. The molecule has 1 aliphatic heterocycles. The number of carbonyl (C=O) groups excluding carboxylic acids is 1. The lowest BCUT2D eigenvalue weighted by Crippen LogP contribution is -2.49. The number of alkyl halides is 3. The van der Waals surface area contributed by atoms with Gasteiger partial charge in [0, 0.05) is 38.8 Å². The van der Waals surface area contributed by atoms with Gasteiger partial charge in [0.1, 0.15) is 10.7 Å². The van der Waals surface area contributed by atoms with Crippen molar-refractivity contribution in [3.63, 3.8) is 0 Å². The van der Waals surface area contributed by atoms with Gasteiger partial charge in [0.2, 0.25) is 0 Å². The van der Waals surface area contributed by atoms with E-state index >= 15 is 0 Å². The first-order valence-electron chi connectivity index (χ1n) is 9.19. The largest absolute Gasteiger partial charge is 0.417 e. The van der Waals surface area contributed by atoms with Gasteiger partial charge in [-0.1, -0.05) is 13.8 Å². The maximum absolute atomic E-state index is 12.9. The van der Waals surface area contributed by atoms with Gasteiger partial charge in [0.05, 0.1) is 16.3 Å². The average molecular weight is 412 g/mol. The van der Waals surface area contributed by atoms with Gasteiger partial charge in [-0.15, -0.1) is 11.3 Å². The molecule has 2 aromatic rings. The lowest BCUT2D eigenvalue weighted by Gasteiger charge is -2.35. The van der Waals surface area contributed by atoms with Crippen LogP contribution in [-0.4, -0.2) is 47.0 Å². The summed E-state index contributed by atoms with van der Waals surface area (Å²) in [5, 5.41) is 0.975. The molecule has 9 heteroatoms. The van der Waals surface area contributed by atoms with Crippen LogP contribution in [0.25, 0.3) is 0 Å². The number of aryl methyl sites for hydroxylation is 1. The van der Waals surface area contributed by atoms with Crippen LogP contribution in [0.15, 0.2) is 18.3 Å². The molecule has 0 unspecified atom stereocenters. The number of hydrogen-bond donors (Lipinski definition) is 0. The van der Waals surface area contributed by atoms with Crippen LogP contribution in [0, 0.1) is 12.8 Å². The van der Waals surface area contributed by atoms with Gasteiger partial charge in [-0.2, -0.15) is 13.2 Å². The Kier molecular flexibility index (Phi) is 5.92. The predicted molar refractivity (Wildman–Crippen MR) is 103 cm³/mol. The summed E-state index contributed by atoms with van der Waals surface area (Å²) in [6, 6.07) is 2.42. The summed E-state index contributed by atoms with van der Waals surface area (Å²) in [6.45, 7) is 8.15. The van der Waals surface area contributed by atoms with Gasteiger partial charge < -0.3 is 9.80 Å². The standard InChI is InChI=1S/C19H23F3N4OS/c1-12(2)10-16-24-13(3)17(28-16)18(27)26-8-6-25(7-9-26)15-5-4-14(11-23-15)19(20,21)22/h4-5,11-12H,6-10H2,1-3H3. The second-order valence-electron chi connectivity index (χ2n) is 7.30. The van der Waals surface area contributed by atoms with Crippen molar-refractivity contribution in [2.75, 3.05) is 31.1 Å². The highest BCUT2D eigenvalue weighted by Gasteiger charge is 2.31. The number of halogens is 3. The summed E-state index contributed by atoms with van der Waals surface area (Å²) < 4.78 is 38.0. The summed E-state index contributed by atoms with van der Waals surface area (Å²) in [7, 11) is 0. The Hall–Kier alpha value is -2.16. The van der Waals surface area contributed by atoms with Crippen molar-refractivity contribution < 1.29 is 18.0 Å². The highest BCUT2D eigenvalue weighted by atomic mass is 32.1. The van der Waals surface area contributed by atoms with Crippen LogP contribution in [0.2, 0.25) is 0 Å². The summed E-state index contributed by atoms with van der Waals surface area (Å²) in [5.74, 6) is 0.951. The Bertz CT molecular complexity index is 825. The van der Waals surface area contributed by atoms with Crippen LogP contribution in [0.1, 0.15) is 39.8 Å². The van der Waals surface area contributed by atoms with E-state index in [-0.39, 0.29) is 5.91 Å². The minimum Gasteiger partial charge on any atom is -0.353 e. The molecule has 1 amide bonds. The van der Waals surface area contributed by atoms with Gasteiger partial charge in [-0.25, -0.2) is 9.97 Å². The molecule has 0 N–H and O–H groups in total. The Morgan fingerprint density at radius 2 is 1.89 bits per heavy atom. The smallest absolute Gasteiger partial charge is 0.353 e. The van der Waals surface area contributed by atoms with Crippen LogP contribution in [-0.2, 0) is 12.6 Å². The number of thiazole rings is 1. The third-order valence-corrected chi connectivity index (χ3v) is 5.75. The van der Waals surface area contributed by atoms with Gasteiger partial charge in [0.15, 0.2) is 0 Å². The molecular formula is C19H23F3N4OS. The van der Waals surface area contributed by atoms with Crippen molar-refractivity contribution in [3.05, 3.63) is 39.5 Å². The van der Waals surface area contributed by atoms with Gasteiger partial charge >= 0.3 is 6.18 Å². The molecule has 152 valence electrons. The summed E-state index contributed by atoms with van der Waals surface area (Å²) in [6.07, 6.45) is -2.69. The fourth-order valence-corrected chi connectivity index (χ4v) is 4.35. The highest BCUT2D eigenvalue weighted by Crippen LogP contribution is 2.29. The van der Waals surface area contributed by atoms with E-state index < -0.39 is 11.7 Å². The average Bonchev–Trinajstić information content (AvgIpc) is 3.00. The number of hydrogen-bond acceptors (Lipinski definition) is 5. The first-order valence-corrected chi connectivity index (χ1v) is 10.0. The topological polar surface area (TPSA) is 49.3 Å². The number of nitrogens with zero attached hydrogens (tertiary/aromatic N) is 4. The molecular weight excluding hydrogens is 389 g/mol. The monoisotopic (exact) mass is 412 g/mol. The Morgan fingerprint density at radius 1 is 1.21 bits per heavy atom. The van der Waals surface area contributed by atoms with E-state index in [2.05, 4.69) is 23.8 Å². The number of amides is 1. The fraction of sp³-hybridized carbons (Fsp3) is 0.526. The third-order valence-electron chi connectivity index (χ3n) is 4.58. The van der Waals surface area contributed by atoms with Crippen LogP contribution >= 0.6 is 11.3 Å². The number of aromatic nitrogens is 2. The number of carbonyl (C=O) groups is 1. The summed E-state index contributed by atoms with van der Waals surface area (Å²) >= 11 is 1.46. The van der Waals surface area contributed by atoms with E-state index in [9.17, 15) is 18.0 Å². The molecule has 0 atom stereocenters. The molecule has 1 fully saturated rings. The summed E-state index contributed by atoms with van der Waals surface area (Å²) in [5.41, 5.74) is 0.000391. The van der Waals surface area contributed by atoms with Crippen LogP contribution in [0.5, 0.6) is 0 Å². The Balaban J connectivity index is 1.62. The second-order valence-corrected chi connectivity index (χ2v) is 8.39. The molecule has 1 aliphatic rings. The summed E-state index contributed by atoms with van der Waals surface area (Å²) in [4.78, 5) is 25.7. The first-order chi connectivity index (χ1) is 13.1. The minimum absolute atomic E-state index is 0.0231. The molecule has 2 aromatic heterocycles. The molecule has 0 aromatic carbocycles. The van der Waals surface area contributed by atoms with E-state index in [1.807, 2.05) is 11.8 Å². The van der Waals surface area contributed by atoms with Crippen molar-refractivity contribution >= 4 is 23.1 Å². The van der Waals surface area contributed by atoms with Gasteiger partial charge in [0.25, 0.3) is 5.91 Å². The van der Waals surface area contributed by atoms with Crippen molar-refractivity contribution in [1.82, 2.24) is 14.9 Å². The third kappa shape index (κ3) is 4.63. The Morgan fingerprint density at radius 3 is 2.43 bits per heavy atom. The molecule has 0 spiro atoms. The quantitative estimate of drug-likeness (QED) is 0.761. The molecule has 0 saturated carbocycles. The first kappa shape index (κ1) is 20.6. The number of piperazine rings is 1. The van der Waals surface area contributed by atoms with Crippen LogP contribution < -0.4 is 4.90 Å². The van der Waals surface area contributed by atoms with Crippen molar-refractivity contribution in [2.45, 2.75) is 33.4 Å². The maximum Gasteiger partial charge on any atom is 0.417 e. The number of rotatable bonds is 4. The minimum atomic E-state index is -4.39. The van der Waals surface area contributed by atoms with Crippen LogP contribution in [0.4, 0.5) is 19.0 Å². The van der Waals surface area contributed by atoms with E-state index in [4.69, 9.17) is 0 Å². The molecule has 0 bridgehead atoms. The highest BCUT2D eigenvalue weighted by molar-refractivity contribution is 7.13.